The molecule has 3 heterocycles. The maximum atomic E-state index is 12.6. The second-order valence-corrected chi connectivity index (χ2v) is 7.64. The van der Waals surface area contributed by atoms with E-state index >= 15 is 0 Å². The first-order valence-corrected chi connectivity index (χ1v) is 10.8. The summed E-state index contributed by atoms with van der Waals surface area (Å²) in [6.45, 7) is 2.82. The normalized spacial score (nSPS) is 16.9. The van der Waals surface area contributed by atoms with Crippen LogP contribution in [-0.2, 0) is 25.5 Å². The number of nitrogens with one attached hydrogen (secondary N) is 1. The van der Waals surface area contributed by atoms with Crippen LogP contribution in [0.4, 0.5) is 0 Å². The fourth-order valence-corrected chi connectivity index (χ4v) is 4.20. The van der Waals surface area contributed by atoms with Gasteiger partial charge in [0.15, 0.2) is 0 Å². The summed E-state index contributed by atoms with van der Waals surface area (Å²) in [5.74, 6) is -0.486. The van der Waals surface area contributed by atoms with Crippen molar-refractivity contribution in [3.8, 4) is 0 Å². The fourth-order valence-electron chi connectivity index (χ4n) is 4.20. The van der Waals surface area contributed by atoms with E-state index in [-0.39, 0.29) is 11.8 Å². The third-order valence-electron chi connectivity index (χ3n) is 5.57. The number of aryl methyl sites for hydroxylation is 1. The van der Waals surface area contributed by atoms with Gasteiger partial charge in [-0.25, -0.2) is 4.98 Å². The molecule has 31 heavy (non-hydrogen) atoms. The minimum Gasteiger partial charge on any atom is -0.379 e. The molecule has 1 unspecified atom stereocenters. The van der Waals surface area contributed by atoms with Crippen LogP contribution in [0.15, 0.2) is 36.5 Å². The second-order valence-electron chi connectivity index (χ2n) is 7.64. The van der Waals surface area contributed by atoms with E-state index in [2.05, 4.69) is 16.4 Å². The van der Waals surface area contributed by atoms with Crippen LogP contribution in [0.2, 0.25) is 0 Å². The molecule has 0 saturated carbocycles. The summed E-state index contributed by atoms with van der Waals surface area (Å²) in [6, 6.07) is 9.63. The van der Waals surface area contributed by atoms with Crippen molar-refractivity contribution in [3.05, 3.63) is 42.1 Å². The van der Waals surface area contributed by atoms with E-state index in [4.69, 9.17) is 15.2 Å². The van der Waals surface area contributed by atoms with Gasteiger partial charge in [0.2, 0.25) is 11.8 Å². The topological polar surface area (TPSA) is 108 Å². The highest BCUT2D eigenvalue weighted by molar-refractivity contribution is 6.10. The summed E-state index contributed by atoms with van der Waals surface area (Å²) in [4.78, 5) is 28.9. The van der Waals surface area contributed by atoms with E-state index in [0.29, 0.717) is 45.8 Å². The molecular weight excluding hydrogens is 396 g/mol. The van der Waals surface area contributed by atoms with E-state index in [1.165, 1.54) is 5.56 Å². The molecule has 164 valence electrons. The predicted octanol–water partition coefficient (Wildman–Crippen LogP) is 2.09. The standard InChI is InChI=1S/C23H28N4O4/c24-10-13-31-15-14-30-12-3-4-16-9-11-25-22-21(16)17-5-1-2-6-18(17)27(22)19-7-8-20(28)26-23(19)29/h1-2,5-6,9,11,19H,3-4,7-8,10,12-15,24H2,(H,26,28,29). The Morgan fingerprint density at radius 1 is 1.10 bits per heavy atom. The Kier molecular flexibility index (Phi) is 6.91. The number of imide groups is 1. The molecule has 2 aromatic heterocycles. The quantitative estimate of drug-likeness (QED) is 0.381. The molecule has 3 aromatic rings. The number of rotatable bonds is 10. The Labute approximate surface area is 180 Å². The molecule has 8 heteroatoms. The van der Waals surface area contributed by atoms with Crippen molar-refractivity contribution in [1.82, 2.24) is 14.9 Å². The summed E-state index contributed by atoms with van der Waals surface area (Å²) >= 11 is 0. The Morgan fingerprint density at radius 2 is 1.90 bits per heavy atom. The summed E-state index contributed by atoms with van der Waals surface area (Å²) in [5, 5.41) is 4.60. The number of carbonyl (C=O) groups excluding carboxylic acids is 2. The maximum Gasteiger partial charge on any atom is 0.249 e. The van der Waals surface area contributed by atoms with Crippen LogP contribution in [0.3, 0.4) is 0 Å². The van der Waals surface area contributed by atoms with Crippen LogP contribution in [0, 0.1) is 0 Å². The number of nitrogens with two attached hydrogens (primary N) is 1. The number of fused-ring (bicyclic) bond motifs is 3. The summed E-state index contributed by atoms with van der Waals surface area (Å²) < 4.78 is 13.0. The molecular formula is C23H28N4O4. The smallest absolute Gasteiger partial charge is 0.249 e. The zero-order valence-corrected chi connectivity index (χ0v) is 17.5. The first kappa shape index (κ1) is 21.4. The number of hydrogen-bond donors (Lipinski definition) is 2. The van der Waals surface area contributed by atoms with Crippen LogP contribution in [0.1, 0.15) is 30.9 Å². The van der Waals surface area contributed by atoms with E-state index in [1.807, 2.05) is 28.8 Å². The highest BCUT2D eigenvalue weighted by Gasteiger charge is 2.31. The fraction of sp³-hybridized carbons (Fsp3) is 0.435. The van der Waals surface area contributed by atoms with Crippen molar-refractivity contribution in [3.63, 3.8) is 0 Å². The van der Waals surface area contributed by atoms with Crippen molar-refractivity contribution in [1.29, 1.82) is 0 Å². The van der Waals surface area contributed by atoms with Gasteiger partial charge >= 0.3 is 0 Å². The second kappa shape index (κ2) is 10.00. The number of aromatic nitrogens is 2. The summed E-state index contributed by atoms with van der Waals surface area (Å²) in [6.07, 6.45) is 4.31. The first-order valence-electron chi connectivity index (χ1n) is 10.8. The van der Waals surface area contributed by atoms with Gasteiger partial charge in [0, 0.05) is 36.5 Å². The van der Waals surface area contributed by atoms with Crippen molar-refractivity contribution < 1.29 is 19.1 Å². The lowest BCUT2D eigenvalue weighted by atomic mass is 10.0. The first-order chi connectivity index (χ1) is 15.2. The minimum atomic E-state index is -0.445. The SMILES string of the molecule is NCCOCCOCCCc1ccnc2c1c1ccccc1n2C1CCC(=O)NC1=O. The highest BCUT2D eigenvalue weighted by Crippen LogP contribution is 2.35. The van der Waals surface area contributed by atoms with Crippen LogP contribution in [0.5, 0.6) is 0 Å². The summed E-state index contributed by atoms with van der Waals surface area (Å²) in [7, 11) is 0. The molecule has 1 fully saturated rings. The molecule has 1 atom stereocenters. The number of nitrogens with zero attached hydrogens (tertiary/aromatic N) is 2. The number of pyridine rings is 1. The largest absolute Gasteiger partial charge is 0.379 e. The van der Waals surface area contributed by atoms with Gasteiger partial charge in [-0.15, -0.1) is 0 Å². The average Bonchev–Trinajstić information content (AvgIpc) is 3.11. The van der Waals surface area contributed by atoms with E-state index in [9.17, 15) is 9.59 Å². The van der Waals surface area contributed by atoms with Gasteiger partial charge < -0.3 is 19.8 Å². The van der Waals surface area contributed by atoms with Gasteiger partial charge in [-0.3, -0.25) is 14.9 Å². The number of piperidine rings is 1. The lowest BCUT2D eigenvalue weighted by Gasteiger charge is -2.23. The van der Waals surface area contributed by atoms with Gasteiger partial charge in [0.1, 0.15) is 11.7 Å². The maximum absolute atomic E-state index is 12.6. The van der Waals surface area contributed by atoms with Gasteiger partial charge in [-0.05, 0) is 37.0 Å². The molecule has 0 aliphatic carbocycles. The molecule has 1 saturated heterocycles. The van der Waals surface area contributed by atoms with Gasteiger partial charge in [-0.2, -0.15) is 0 Å². The van der Waals surface area contributed by atoms with E-state index in [1.54, 1.807) is 6.20 Å². The molecule has 8 nitrogen and oxygen atoms in total. The van der Waals surface area contributed by atoms with Crippen LogP contribution >= 0.6 is 0 Å². The third-order valence-corrected chi connectivity index (χ3v) is 5.57. The van der Waals surface area contributed by atoms with Crippen molar-refractivity contribution >= 4 is 33.8 Å². The molecule has 3 N–H and O–H groups in total. The monoisotopic (exact) mass is 424 g/mol. The zero-order valence-electron chi connectivity index (χ0n) is 17.5. The van der Waals surface area contributed by atoms with Gasteiger partial charge in [0.05, 0.1) is 25.3 Å². The minimum absolute atomic E-state index is 0.218. The number of ether oxygens (including phenoxy) is 2. The highest BCUT2D eigenvalue weighted by atomic mass is 16.5. The predicted molar refractivity (Wildman–Crippen MR) is 118 cm³/mol. The molecule has 1 aromatic carbocycles. The third kappa shape index (κ3) is 4.61. The molecule has 0 radical (unpaired) electrons. The molecule has 0 bridgehead atoms. The lowest BCUT2D eigenvalue weighted by Crippen LogP contribution is -2.41. The van der Waals surface area contributed by atoms with Crippen LogP contribution in [-0.4, -0.2) is 54.3 Å². The number of hydrogen-bond acceptors (Lipinski definition) is 6. The number of benzene rings is 1. The average molecular weight is 425 g/mol. The number of carbonyl (C=O) groups is 2. The van der Waals surface area contributed by atoms with Crippen LogP contribution < -0.4 is 11.1 Å². The van der Waals surface area contributed by atoms with Crippen molar-refractivity contribution in [2.24, 2.45) is 5.73 Å². The molecule has 0 spiro atoms. The summed E-state index contributed by atoms with van der Waals surface area (Å²) in [5.41, 5.74) is 8.31. The Bertz CT molecular complexity index is 1080. The van der Waals surface area contributed by atoms with E-state index in [0.717, 1.165) is 34.8 Å². The molecule has 1 aliphatic rings. The Morgan fingerprint density at radius 3 is 2.71 bits per heavy atom. The van der Waals surface area contributed by atoms with Gasteiger partial charge in [0.25, 0.3) is 0 Å². The number of amides is 2. The lowest BCUT2D eigenvalue weighted by molar-refractivity contribution is -0.135. The van der Waals surface area contributed by atoms with Crippen molar-refractivity contribution in [2.75, 3.05) is 33.0 Å². The molecule has 2 amide bonds. The van der Waals surface area contributed by atoms with Crippen molar-refractivity contribution in [2.45, 2.75) is 31.7 Å². The van der Waals surface area contributed by atoms with E-state index < -0.39 is 6.04 Å². The zero-order chi connectivity index (χ0) is 21.6. The van der Waals surface area contributed by atoms with Crippen LogP contribution in [0.25, 0.3) is 21.9 Å². The number of para-hydroxylation sites is 1. The molecule has 4 rings (SSSR count). The van der Waals surface area contributed by atoms with Gasteiger partial charge in [-0.1, -0.05) is 18.2 Å². The Balaban J connectivity index is 1.56. The molecule has 1 aliphatic heterocycles. The Hall–Kier alpha value is -2.81.